The maximum Gasteiger partial charge on any atom is 0.341 e. The summed E-state index contributed by atoms with van der Waals surface area (Å²) in [5, 5.41) is 9.04. The summed E-state index contributed by atoms with van der Waals surface area (Å²) in [7, 11) is 0. The summed E-state index contributed by atoms with van der Waals surface area (Å²) in [4.78, 5) is 23.5. The van der Waals surface area contributed by atoms with Crippen LogP contribution in [0.5, 0.6) is 5.75 Å². The van der Waals surface area contributed by atoms with Crippen LogP contribution < -0.4 is 10.2 Å². The van der Waals surface area contributed by atoms with E-state index in [1.54, 1.807) is 4.57 Å². The summed E-state index contributed by atoms with van der Waals surface area (Å²) in [6.07, 6.45) is 3.64. The zero-order valence-electron chi connectivity index (χ0n) is 11.4. The molecule has 0 saturated heterocycles. The van der Waals surface area contributed by atoms with Gasteiger partial charge < -0.3 is 14.4 Å². The Bertz CT molecular complexity index is 899. The quantitative estimate of drug-likeness (QED) is 0.877. The second-order valence-electron chi connectivity index (χ2n) is 5.81. The van der Waals surface area contributed by atoms with E-state index in [1.807, 2.05) is 0 Å². The first-order valence-corrected chi connectivity index (χ1v) is 6.88. The van der Waals surface area contributed by atoms with Crippen molar-refractivity contribution in [2.75, 3.05) is 6.61 Å². The number of hydrogen-bond acceptors (Lipinski definition) is 3. The van der Waals surface area contributed by atoms with Gasteiger partial charge in [-0.2, -0.15) is 4.39 Å². The molecule has 2 aliphatic rings. The van der Waals surface area contributed by atoms with Crippen molar-refractivity contribution in [3.05, 3.63) is 39.7 Å². The van der Waals surface area contributed by atoms with Crippen molar-refractivity contribution in [2.45, 2.75) is 24.8 Å². The van der Waals surface area contributed by atoms with Crippen LogP contribution in [0.1, 0.15) is 29.6 Å². The number of carbonyl (C=O) groups is 1. The lowest BCUT2D eigenvalue weighted by Crippen LogP contribution is -2.49. The molecule has 1 spiro atoms. The Balaban J connectivity index is 2.21. The number of hydrogen-bond donors (Lipinski definition) is 1. The summed E-state index contributed by atoms with van der Waals surface area (Å²) in [6, 6.07) is 0.750. The first kappa shape index (κ1) is 13.2. The van der Waals surface area contributed by atoms with Crippen molar-refractivity contribution >= 4 is 16.9 Å². The molecule has 1 aromatic heterocycles. The second-order valence-corrected chi connectivity index (χ2v) is 5.81. The fourth-order valence-electron chi connectivity index (χ4n) is 3.31. The van der Waals surface area contributed by atoms with Gasteiger partial charge in [-0.15, -0.1) is 0 Å². The van der Waals surface area contributed by atoms with Crippen molar-refractivity contribution in [2.24, 2.45) is 0 Å². The monoisotopic (exact) mass is 307 g/mol. The Labute approximate surface area is 122 Å². The van der Waals surface area contributed by atoms with Crippen LogP contribution in [-0.4, -0.2) is 22.2 Å². The number of carboxylic acid groups (broad SMARTS) is 1. The molecule has 0 bridgehead atoms. The molecule has 7 heteroatoms. The molecular weight excluding hydrogens is 296 g/mol. The maximum absolute atomic E-state index is 14.0. The number of aromatic carboxylic acids is 1. The highest BCUT2D eigenvalue weighted by molar-refractivity contribution is 5.94. The van der Waals surface area contributed by atoms with Crippen LogP contribution in [0.25, 0.3) is 10.9 Å². The standard InChI is InChI=1S/C15H11F2NO4/c16-9-4-7-11-13(10(9)17)22-6-15(2-1-3-15)18(11)5-8(12(7)19)14(20)21/h4-5H,1-3,6H2,(H,20,21). The molecule has 1 N–H and O–H groups in total. The molecule has 1 saturated carbocycles. The largest absolute Gasteiger partial charge is 0.486 e. The van der Waals surface area contributed by atoms with Crippen LogP contribution in [0.3, 0.4) is 0 Å². The van der Waals surface area contributed by atoms with Crippen molar-refractivity contribution < 1.29 is 23.4 Å². The van der Waals surface area contributed by atoms with Gasteiger partial charge in [-0.3, -0.25) is 4.79 Å². The number of aromatic nitrogens is 1. The molecule has 1 aliphatic heterocycles. The number of halogens is 2. The molecule has 0 radical (unpaired) electrons. The fraction of sp³-hybridized carbons (Fsp3) is 0.333. The fourth-order valence-corrected chi connectivity index (χ4v) is 3.31. The zero-order valence-corrected chi connectivity index (χ0v) is 11.4. The van der Waals surface area contributed by atoms with E-state index in [0.717, 1.165) is 25.3 Å². The lowest BCUT2D eigenvalue weighted by Gasteiger charge is -2.47. The third-order valence-corrected chi connectivity index (χ3v) is 4.65. The number of rotatable bonds is 1. The van der Waals surface area contributed by atoms with Crippen LogP contribution >= 0.6 is 0 Å². The Morgan fingerprint density at radius 2 is 2.09 bits per heavy atom. The van der Waals surface area contributed by atoms with Crippen molar-refractivity contribution in [3.8, 4) is 5.75 Å². The zero-order chi connectivity index (χ0) is 15.6. The van der Waals surface area contributed by atoms with Crippen LogP contribution in [0, 0.1) is 11.6 Å². The first-order valence-electron chi connectivity index (χ1n) is 6.88. The molecule has 1 fully saturated rings. The Morgan fingerprint density at radius 1 is 1.36 bits per heavy atom. The van der Waals surface area contributed by atoms with Crippen LogP contribution in [0.2, 0.25) is 0 Å². The van der Waals surface area contributed by atoms with Gasteiger partial charge in [0.15, 0.2) is 11.6 Å². The van der Waals surface area contributed by atoms with E-state index in [9.17, 15) is 23.5 Å². The highest BCUT2D eigenvalue weighted by Crippen LogP contribution is 2.46. The van der Waals surface area contributed by atoms with Gasteiger partial charge in [0.05, 0.1) is 16.4 Å². The Hall–Kier alpha value is -2.44. The molecule has 5 nitrogen and oxygen atoms in total. The summed E-state index contributed by atoms with van der Waals surface area (Å²) in [5.41, 5.74) is -1.62. The third-order valence-electron chi connectivity index (χ3n) is 4.65. The van der Waals surface area contributed by atoms with E-state index in [1.165, 1.54) is 6.20 Å². The van der Waals surface area contributed by atoms with Gasteiger partial charge in [0.1, 0.15) is 12.2 Å². The molecule has 0 unspecified atom stereocenters. The second kappa shape index (κ2) is 4.06. The predicted molar refractivity (Wildman–Crippen MR) is 72.4 cm³/mol. The highest BCUT2D eigenvalue weighted by atomic mass is 19.2. The van der Waals surface area contributed by atoms with E-state index >= 15 is 0 Å². The minimum atomic E-state index is -1.39. The van der Waals surface area contributed by atoms with Gasteiger partial charge in [0.25, 0.3) is 0 Å². The topological polar surface area (TPSA) is 68.5 Å². The minimum absolute atomic E-state index is 0.136. The molecule has 22 heavy (non-hydrogen) atoms. The molecule has 0 amide bonds. The number of benzene rings is 1. The van der Waals surface area contributed by atoms with Gasteiger partial charge in [0.2, 0.25) is 11.2 Å². The summed E-state index contributed by atoms with van der Waals surface area (Å²) < 4.78 is 34.7. The number of ether oxygens (including phenoxy) is 1. The van der Waals surface area contributed by atoms with Crippen LogP contribution in [0.4, 0.5) is 8.78 Å². The van der Waals surface area contributed by atoms with Gasteiger partial charge >= 0.3 is 5.97 Å². The van der Waals surface area contributed by atoms with E-state index < -0.39 is 34.1 Å². The van der Waals surface area contributed by atoms with Crippen LogP contribution in [-0.2, 0) is 5.54 Å². The van der Waals surface area contributed by atoms with Crippen LogP contribution in [0.15, 0.2) is 17.1 Å². The first-order chi connectivity index (χ1) is 10.4. The average Bonchev–Trinajstić information content (AvgIpc) is 2.44. The SMILES string of the molecule is O=C(O)c1cn2c3c(c(F)c(F)cc3c1=O)OCC21CCC1. The van der Waals surface area contributed by atoms with E-state index in [2.05, 4.69) is 0 Å². The van der Waals surface area contributed by atoms with E-state index in [4.69, 9.17) is 4.74 Å². The number of pyridine rings is 1. The Morgan fingerprint density at radius 3 is 2.68 bits per heavy atom. The molecule has 0 atom stereocenters. The van der Waals surface area contributed by atoms with Gasteiger partial charge in [0, 0.05) is 6.20 Å². The number of nitrogens with zero attached hydrogens (tertiary/aromatic N) is 1. The molecular formula is C15H11F2NO4. The van der Waals surface area contributed by atoms with E-state index in [0.29, 0.717) is 0 Å². The van der Waals surface area contributed by atoms with Gasteiger partial charge in [-0.25, -0.2) is 9.18 Å². The third kappa shape index (κ3) is 1.45. The summed E-state index contributed by atoms with van der Waals surface area (Å²) >= 11 is 0. The summed E-state index contributed by atoms with van der Waals surface area (Å²) in [6.45, 7) is 0.136. The van der Waals surface area contributed by atoms with Gasteiger partial charge in [-0.1, -0.05) is 0 Å². The maximum atomic E-state index is 14.0. The smallest absolute Gasteiger partial charge is 0.341 e. The minimum Gasteiger partial charge on any atom is -0.486 e. The molecule has 1 aromatic carbocycles. The molecule has 2 heterocycles. The summed E-state index contributed by atoms with van der Waals surface area (Å²) in [5.74, 6) is -4.08. The van der Waals surface area contributed by atoms with Crippen molar-refractivity contribution in [1.82, 2.24) is 4.57 Å². The molecule has 2 aromatic rings. The molecule has 4 rings (SSSR count). The molecule has 1 aliphatic carbocycles. The highest BCUT2D eigenvalue weighted by Gasteiger charge is 2.44. The normalized spacial score (nSPS) is 18.1. The molecule has 114 valence electrons. The lowest BCUT2D eigenvalue weighted by molar-refractivity contribution is 0.0555. The lowest BCUT2D eigenvalue weighted by atomic mass is 9.76. The number of fused-ring (bicyclic) bond motifs is 1. The van der Waals surface area contributed by atoms with Gasteiger partial charge in [-0.05, 0) is 25.3 Å². The van der Waals surface area contributed by atoms with Crippen molar-refractivity contribution in [1.29, 1.82) is 0 Å². The predicted octanol–water partition coefficient (Wildman–Crippen LogP) is 2.25. The number of carboxylic acids is 1. The van der Waals surface area contributed by atoms with E-state index in [-0.39, 0.29) is 23.3 Å². The average molecular weight is 307 g/mol. The Kier molecular flexibility index (Phi) is 2.44. The van der Waals surface area contributed by atoms with Crippen molar-refractivity contribution in [3.63, 3.8) is 0 Å².